The Kier molecular flexibility index (Phi) is 5.83. The summed E-state index contributed by atoms with van der Waals surface area (Å²) in [6, 6.07) is 49.4. The number of nitrogens with zero attached hydrogens (tertiary/aromatic N) is 4. The highest BCUT2D eigenvalue weighted by Gasteiger charge is 2.55. The van der Waals surface area contributed by atoms with Gasteiger partial charge < -0.3 is 28.7 Å². The molecule has 56 heavy (non-hydrogen) atoms. The van der Waals surface area contributed by atoms with Gasteiger partial charge in [-0.05, 0) is 118 Å². The van der Waals surface area contributed by atoms with E-state index in [-0.39, 0.29) is 14.0 Å². The van der Waals surface area contributed by atoms with Gasteiger partial charge in [-0.3, -0.25) is 0 Å². The first-order chi connectivity index (χ1) is 27.4. The van der Waals surface area contributed by atoms with E-state index in [9.17, 15) is 0 Å². The summed E-state index contributed by atoms with van der Waals surface area (Å²) in [5, 5.41) is 0. The summed E-state index contributed by atoms with van der Waals surface area (Å²) in [5.41, 5.74) is 19.5. The van der Waals surface area contributed by atoms with Crippen LogP contribution in [-0.2, 0) is 0 Å². The molecule has 0 radical (unpaired) electrons. The van der Waals surface area contributed by atoms with Gasteiger partial charge in [0.15, 0.2) is 11.5 Å². The maximum atomic E-state index is 6.63. The number of benzene rings is 7. The van der Waals surface area contributed by atoms with Crippen molar-refractivity contribution in [2.75, 3.05) is 19.2 Å². The van der Waals surface area contributed by atoms with E-state index in [0.29, 0.717) is 11.8 Å². The van der Waals surface area contributed by atoms with Crippen LogP contribution in [0.5, 0.6) is 23.0 Å². The SMILES string of the molecule is CC(C)c1ccc2c(c1)-c1cc3c(cc1B1N2c2cccc4c2N1c1ccccc1O4)-c1cc(C(C)C)ccc1N1B3N2c3ccccc3Oc3cccc1c32. The second-order valence-electron chi connectivity index (χ2n) is 16.5. The maximum absolute atomic E-state index is 6.63. The second-order valence-corrected chi connectivity index (χ2v) is 16.5. The number of hydrogen-bond donors (Lipinski definition) is 0. The van der Waals surface area contributed by atoms with Crippen molar-refractivity contribution in [3.05, 3.63) is 145 Å². The highest BCUT2D eigenvalue weighted by atomic mass is 16.5. The highest BCUT2D eigenvalue weighted by Crippen LogP contribution is 2.61. The number of fused-ring (bicyclic) bond motifs is 20. The fraction of sp³-hybridized carbons (Fsp3) is 0.125. The Morgan fingerprint density at radius 1 is 0.375 bits per heavy atom. The quantitative estimate of drug-likeness (QED) is 0.165. The number of rotatable bonds is 2. The molecule has 0 spiro atoms. The smallest absolute Gasteiger partial charge is 0.421 e. The number of anilines is 8. The van der Waals surface area contributed by atoms with Crippen molar-refractivity contribution >= 4 is 70.4 Å². The van der Waals surface area contributed by atoms with Gasteiger partial charge in [0.1, 0.15) is 11.5 Å². The van der Waals surface area contributed by atoms with Crippen molar-refractivity contribution in [3.63, 3.8) is 0 Å². The maximum Gasteiger partial charge on any atom is 0.421 e. The van der Waals surface area contributed by atoms with Crippen LogP contribution in [0.4, 0.5) is 45.5 Å². The van der Waals surface area contributed by atoms with E-state index in [4.69, 9.17) is 9.47 Å². The molecule has 8 heteroatoms. The third kappa shape index (κ3) is 3.74. The molecule has 6 heterocycles. The molecule has 266 valence electrons. The molecule has 7 aromatic carbocycles. The topological polar surface area (TPSA) is 31.4 Å². The minimum absolute atomic E-state index is 0.111. The molecule has 0 aliphatic carbocycles. The lowest BCUT2D eigenvalue weighted by Crippen LogP contribution is -2.59. The molecule has 0 aromatic heterocycles. The zero-order valence-electron chi connectivity index (χ0n) is 31.6. The fourth-order valence-corrected chi connectivity index (χ4v) is 10.3. The molecule has 6 nitrogen and oxygen atoms in total. The molecular formula is C48H36B2N4O2. The van der Waals surface area contributed by atoms with Crippen LogP contribution in [0.2, 0.25) is 0 Å². The summed E-state index contributed by atoms with van der Waals surface area (Å²) in [7, 11) is 0. The number of hydrogen-bond acceptors (Lipinski definition) is 6. The summed E-state index contributed by atoms with van der Waals surface area (Å²) in [4.78, 5) is 10.2. The molecule has 6 aliphatic heterocycles. The van der Waals surface area contributed by atoms with E-state index in [2.05, 4.69) is 180 Å². The Balaban J connectivity index is 1.14. The first-order valence-electron chi connectivity index (χ1n) is 19.9. The van der Waals surface area contributed by atoms with Gasteiger partial charge in [-0.15, -0.1) is 0 Å². The van der Waals surface area contributed by atoms with Gasteiger partial charge in [0.25, 0.3) is 0 Å². The van der Waals surface area contributed by atoms with Gasteiger partial charge in [0.2, 0.25) is 0 Å². The highest BCUT2D eigenvalue weighted by molar-refractivity contribution is 6.89. The summed E-state index contributed by atoms with van der Waals surface area (Å²) in [6.07, 6.45) is 0. The van der Waals surface area contributed by atoms with Gasteiger partial charge in [-0.2, -0.15) is 0 Å². The van der Waals surface area contributed by atoms with Gasteiger partial charge in [0.05, 0.1) is 34.1 Å². The van der Waals surface area contributed by atoms with Crippen molar-refractivity contribution in [1.82, 2.24) is 0 Å². The van der Waals surface area contributed by atoms with Crippen LogP contribution in [0.25, 0.3) is 22.3 Å². The monoisotopic (exact) mass is 722 g/mol. The molecule has 0 bridgehead atoms. The average Bonchev–Trinajstić information content (AvgIpc) is 3.77. The van der Waals surface area contributed by atoms with E-state index in [1.165, 1.54) is 67.1 Å². The van der Waals surface area contributed by atoms with E-state index < -0.39 is 0 Å². The average molecular weight is 722 g/mol. The molecule has 0 amide bonds. The fourth-order valence-electron chi connectivity index (χ4n) is 10.3. The Bertz CT molecular complexity index is 2710. The van der Waals surface area contributed by atoms with Gasteiger partial charge in [-0.25, -0.2) is 0 Å². The number of para-hydroxylation sites is 6. The van der Waals surface area contributed by atoms with E-state index in [1.54, 1.807) is 0 Å². The number of ether oxygens (including phenoxy) is 2. The van der Waals surface area contributed by atoms with Crippen LogP contribution in [0.1, 0.15) is 50.7 Å². The molecule has 0 fully saturated rings. The van der Waals surface area contributed by atoms with Crippen molar-refractivity contribution in [1.29, 1.82) is 0 Å². The zero-order valence-corrected chi connectivity index (χ0v) is 31.6. The lowest BCUT2D eigenvalue weighted by molar-refractivity contribution is 0.478. The summed E-state index contributed by atoms with van der Waals surface area (Å²) in [6.45, 7) is 8.95. The molecule has 0 atom stereocenters. The standard InChI is InChI=1S/C48H36B2N4O2/c1-27(2)29-19-21-37-33(23-29)31-25-36-32(26-35(31)49-51(37)41-13-9-17-45-47(41)53(49)39-11-5-7-15-43(39)55-45)34-24-30(28(3)4)20-22-38(34)52-42-14-10-18-46-48(42)54(50(36)52)40-12-6-8-16-44(40)56-46/h5-28H,1-4H3. The molecule has 13 rings (SSSR count). The third-order valence-electron chi connectivity index (χ3n) is 12.9. The van der Waals surface area contributed by atoms with Crippen LogP contribution in [0, 0.1) is 0 Å². The molecule has 0 N–H and O–H groups in total. The predicted octanol–water partition coefficient (Wildman–Crippen LogP) is 11.5. The Morgan fingerprint density at radius 2 is 0.786 bits per heavy atom. The van der Waals surface area contributed by atoms with E-state index in [1.807, 2.05) is 0 Å². The first kappa shape index (κ1) is 30.8. The first-order valence-corrected chi connectivity index (χ1v) is 19.9. The van der Waals surface area contributed by atoms with Crippen LogP contribution >= 0.6 is 0 Å². The van der Waals surface area contributed by atoms with Gasteiger partial charge in [0, 0.05) is 22.5 Å². The molecule has 6 aliphatic rings. The third-order valence-corrected chi connectivity index (χ3v) is 12.9. The minimum atomic E-state index is -0.111. The Morgan fingerprint density at radius 3 is 1.23 bits per heavy atom. The van der Waals surface area contributed by atoms with Crippen molar-refractivity contribution in [2.45, 2.75) is 39.5 Å². The van der Waals surface area contributed by atoms with Crippen LogP contribution in [0.15, 0.2) is 133 Å². The summed E-state index contributed by atoms with van der Waals surface area (Å²) < 4.78 is 13.3. The summed E-state index contributed by atoms with van der Waals surface area (Å²) in [5.74, 6) is 4.33. The second kappa shape index (κ2) is 10.6. The largest absolute Gasteiger partial charge is 0.453 e. The van der Waals surface area contributed by atoms with Crippen LogP contribution in [0.3, 0.4) is 0 Å². The lowest BCUT2D eigenvalue weighted by atomic mass is 9.53. The molecular weight excluding hydrogens is 686 g/mol. The van der Waals surface area contributed by atoms with Crippen molar-refractivity contribution in [2.24, 2.45) is 0 Å². The van der Waals surface area contributed by atoms with E-state index in [0.717, 1.165) is 45.7 Å². The molecule has 7 aromatic rings. The van der Waals surface area contributed by atoms with Crippen LogP contribution in [-0.4, -0.2) is 14.0 Å². The predicted molar refractivity (Wildman–Crippen MR) is 231 cm³/mol. The summed E-state index contributed by atoms with van der Waals surface area (Å²) >= 11 is 0. The van der Waals surface area contributed by atoms with Gasteiger partial charge >= 0.3 is 14.0 Å². The molecule has 0 saturated carbocycles. The lowest BCUT2D eigenvalue weighted by Gasteiger charge is -2.41. The van der Waals surface area contributed by atoms with Crippen LogP contribution < -0.4 is 39.6 Å². The van der Waals surface area contributed by atoms with Crippen molar-refractivity contribution in [3.8, 4) is 45.3 Å². The van der Waals surface area contributed by atoms with Crippen molar-refractivity contribution < 1.29 is 9.47 Å². The Hall–Kier alpha value is -6.53. The molecule has 0 unspecified atom stereocenters. The van der Waals surface area contributed by atoms with Gasteiger partial charge in [-0.1, -0.05) is 88.4 Å². The normalized spacial score (nSPS) is 15.2. The zero-order chi connectivity index (χ0) is 37.1. The van der Waals surface area contributed by atoms with E-state index >= 15 is 0 Å². The molecule has 0 saturated heterocycles. The minimum Gasteiger partial charge on any atom is -0.453 e. The Labute approximate surface area is 327 Å².